The van der Waals surface area contributed by atoms with Crippen molar-refractivity contribution in [3.63, 3.8) is 0 Å². The van der Waals surface area contributed by atoms with Crippen molar-refractivity contribution in [3.05, 3.63) is 72.1 Å². The molecule has 0 spiro atoms. The second-order valence-electron chi connectivity index (χ2n) is 5.68. The minimum absolute atomic E-state index is 0.0476. The molecule has 4 rings (SSSR count). The third kappa shape index (κ3) is 1.72. The molecule has 0 saturated heterocycles. The molecule has 2 aromatic carbocycles. The van der Waals surface area contributed by atoms with Crippen LogP contribution in [0, 0.1) is 13.8 Å². The first kappa shape index (κ1) is 12.9. The quantitative estimate of drug-likeness (QED) is 0.459. The van der Waals surface area contributed by atoms with Gasteiger partial charge in [0.05, 0.1) is 11.0 Å². The molecule has 0 fully saturated rings. The lowest BCUT2D eigenvalue weighted by molar-refractivity contribution is 0.245. The molecule has 3 heteroatoms. The fraction of sp³-hybridized carbons (Fsp3) is 0.105. The number of rotatable bonds is 0. The Labute approximate surface area is 128 Å². The first-order chi connectivity index (χ1) is 10.7. The molecule has 22 heavy (non-hydrogen) atoms. The van der Waals surface area contributed by atoms with Crippen molar-refractivity contribution in [1.29, 1.82) is 0 Å². The highest BCUT2D eigenvalue weighted by Gasteiger charge is 2.16. The lowest BCUT2D eigenvalue weighted by Gasteiger charge is -2.06. The van der Waals surface area contributed by atoms with Gasteiger partial charge in [0.2, 0.25) is 0 Å². The molecule has 2 aromatic heterocycles. The summed E-state index contributed by atoms with van der Waals surface area (Å²) < 4.78 is 3.47. The normalized spacial score (nSPS) is 11.4. The highest BCUT2D eigenvalue weighted by atomic mass is 16.2. The van der Waals surface area contributed by atoms with Crippen LogP contribution < -0.4 is 0 Å². The van der Waals surface area contributed by atoms with E-state index in [0.29, 0.717) is 0 Å². The van der Waals surface area contributed by atoms with Gasteiger partial charge in [0, 0.05) is 23.2 Å². The van der Waals surface area contributed by atoms with Crippen LogP contribution in [0.25, 0.3) is 21.8 Å². The van der Waals surface area contributed by atoms with Gasteiger partial charge in [0.15, 0.2) is 0 Å². The standard InChI is InChI=1S/C19H16N2O/c1-13-11-20(17-9-5-3-7-15(13)17)19(22)21-12-14(2)16-8-4-6-10-18(16)21/h3-12H,1-2H3. The van der Waals surface area contributed by atoms with E-state index >= 15 is 0 Å². The number of carbonyl (C=O) groups is 1. The van der Waals surface area contributed by atoms with Gasteiger partial charge in [-0.25, -0.2) is 4.79 Å². The molecule has 0 bridgehead atoms. The minimum atomic E-state index is -0.0476. The van der Waals surface area contributed by atoms with Crippen molar-refractivity contribution in [2.45, 2.75) is 13.8 Å². The maximum atomic E-state index is 13.0. The van der Waals surface area contributed by atoms with Gasteiger partial charge in [0.1, 0.15) is 0 Å². The van der Waals surface area contributed by atoms with Gasteiger partial charge in [-0.2, -0.15) is 0 Å². The van der Waals surface area contributed by atoms with E-state index in [0.717, 1.165) is 32.9 Å². The fourth-order valence-corrected chi connectivity index (χ4v) is 3.13. The summed E-state index contributed by atoms with van der Waals surface area (Å²) in [5.74, 6) is 0. The Kier molecular flexibility index (Phi) is 2.70. The zero-order valence-electron chi connectivity index (χ0n) is 12.6. The van der Waals surface area contributed by atoms with Crippen LogP contribution in [-0.4, -0.2) is 15.2 Å². The summed E-state index contributed by atoms with van der Waals surface area (Å²) in [7, 11) is 0. The Morgan fingerprint density at radius 1 is 0.727 bits per heavy atom. The third-order valence-corrected chi connectivity index (χ3v) is 4.23. The van der Waals surface area contributed by atoms with E-state index in [4.69, 9.17) is 0 Å². The largest absolute Gasteiger partial charge is 0.337 e. The fourth-order valence-electron chi connectivity index (χ4n) is 3.13. The van der Waals surface area contributed by atoms with Crippen LogP contribution in [0.3, 0.4) is 0 Å². The minimum Gasteiger partial charge on any atom is -0.268 e. The number of carbonyl (C=O) groups excluding carboxylic acids is 1. The second kappa shape index (κ2) is 4.60. The van der Waals surface area contributed by atoms with Crippen molar-refractivity contribution < 1.29 is 4.79 Å². The van der Waals surface area contributed by atoms with Gasteiger partial charge in [-0.05, 0) is 37.1 Å². The molecule has 108 valence electrons. The molecule has 4 aromatic rings. The summed E-state index contributed by atoms with van der Waals surface area (Å²) >= 11 is 0. The van der Waals surface area contributed by atoms with E-state index in [1.807, 2.05) is 74.8 Å². The van der Waals surface area contributed by atoms with Crippen LogP contribution in [0.15, 0.2) is 60.9 Å². The van der Waals surface area contributed by atoms with Crippen molar-refractivity contribution in [1.82, 2.24) is 9.13 Å². The number of aromatic nitrogens is 2. The molecule has 0 aliphatic carbocycles. The van der Waals surface area contributed by atoms with Crippen molar-refractivity contribution in [2.75, 3.05) is 0 Å². The van der Waals surface area contributed by atoms with E-state index in [2.05, 4.69) is 0 Å². The maximum Gasteiger partial charge on any atom is 0.337 e. The Morgan fingerprint density at radius 3 is 1.59 bits per heavy atom. The molecule has 0 aliphatic heterocycles. The van der Waals surface area contributed by atoms with Gasteiger partial charge in [-0.3, -0.25) is 9.13 Å². The third-order valence-electron chi connectivity index (χ3n) is 4.23. The average Bonchev–Trinajstić information content (AvgIpc) is 3.06. The van der Waals surface area contributed by atoms with Gasteiger partial charge in [-0.15, -0.1) is 0 Å². The second-order valence-corrected chi connectivity index (χ2v) is 5.68. The highest BCUT2D eigenvalue weighted by molar-refractivity contribution is 5.99. The van der Waals surface area contributed by atoms with Crippen molar-refractivity contribution in [2.24, 2.45) is 0 Å². The zero-order valence-corrected chi connectivity index (χ0v) is 12.6. The molecule has 0 saturated carbocycles. The molecule has 0 aliphatic rings. The number of para-hydroxylation sites is 2. The summed E-state index contributed by atoms with van der Waals surface area (Å²) in [6.45, 7) is 4.07. The van der Waals surface area contributed by atoms with Crippen LogP contribution in [-0.2, 0) is 0 Å². The summed E-state index contributed by atoms with van der Waals surface area (Å²) in [5, 5.41) is 2.23. The van der Waals surface area contributed by atoms with Crippen LogP contribution in [0.5, 0.6) is 0 Å². The Morgan fingerprint density at radius 2 is 1.14 bits per heavy atom. The summed E-state index contributed by atoms with van der Waals surface area (Å²) in [6, 6.07) is 15.9. The molecule has 0 amide bonds. The summed E-state index contributed by atoms with van der Waals surface area (Å²) in [5.41, 5.74) is 4.11. The Hall–Kier alpha value is -2.81. The predicted octanol–water partition coefficient (Wildman–Crippen LogP) is 4.73. The zero-order chi connectivity index (χ0) is 15.3. The number of fused-ring (bicyclic) bond motifs is 2. The highest BCUT2D eigenvalue weighted by Crippen LogP contribution is 2.24. The van der Waals surface area contributed by atoms with Crippen LogP contribution in [0.4, 0.5) is 4.79 Å². The van der Waals surface area contributed by atoms with Crippen LogP contribution >= 0.6 is 0 Å². The molecular formula is C19H16N2O. The number of benzene rings is 2. The monoisotopic (exact) mass is 288 g/mol. The predicted molar refractivity (Wildman–Crippen MR) is 89.5 cm³/mol. The maximum absolute atomic E-state index is 13.0. The van der Waals surface area contributed by atoms with Gasteiger partial charge < -0.3 is 0 Å². The molecule has 2 heterocycles. The van der Waals surface area contributed by atoms with E-state index in [1.165, 1.54) is 0 Å². The van der Waals surface area contributed by atoms with Gasteiger partial charge in [0.25, 0.3) is 0 Å². The van der Waals surface area contributed by atoms with Crippen LogP contribution in [0.1, 0.15) is 11.1 Å². The first-order valence-electron chi connectivity index (χ1n) is 7.35. The SMILES string of the molecule is Cc1cn(C(=O)n2cc(C)c3ccccc32)c2ccccc12. The number of hydrogen-bond acceptors (Lipinski definition) is 1. The number of nitrogens with zero attached hydrogens (tertiary/aromatic N) is 2. The van der Waals surface area contributed by atoms with E-state index < -0.39 is 0 Å². The molecule has 0 atom stereocenters. The molecule has 3 nitrogen and oxygen atoms in total. The van der Waals surface area contributed by atoms with E-state index in [9.17, 15) is 4.79 Å². The van der Waals surface area contributed by atoms with E-state index in [-0.39, 0.29) is 6.03 Å². The smallest absolute Gasteiger partial charge is 0.268 e. The van der Waals surface area contributed by atoms with Gasteiger partial charge >= 0.3 is 6.03 Å². The summed E-state index contributed by atoms with van der Waals surface area (Å²) in [6.07, 6.45) is 3.83. The molecular weight excluding hydrogens is 272 g/mol. The molecule has 0 radical (unpaired) electrons. The van der Waals surface area contributed by atoms with Crippen LogP contribution in [0.2, 0.25) is 0 Å². The van der Waals surface area contributed by atoms with Crippen molar-refractivity contribution in [3.8, 4) is 0 Å². The van der Waals surface area contributed by atoms with E-state index in [1.54, 1.807) is 9.13 Å². The van der Waals surface area contributed by atoms with Crippen molar-refractivity contribution >= 4 is 27.8 Å². The topological polar surface area (TPSA) is 26.9 Å². The van der Waals surface area contributed by atoms with Gasteiger partial charge in [-0.1, -0.05) is 36.4 Å². The lowest BCUT2D eigenvalue weighted by Crippen LogP contribution is -2.17. The number of aryl methyl sites for hydroxylation is 2. The number of hydrogen-bond donors (Lipinski definition) is 0. The molecule has 0 N–H and O–H groups in total. The Balaban J connectivity index is 1.97. The lowest BCUT2D eigenvalue weighted by atomic mass is 10.2. The molecule has 0 unspecified atom stereocenters. The summed E-state index contributed by atoms with van der Waals surface area (Å²) in [4.78, 5) is 13.0. The Bertz CT molecular complexity index is 938. The average molecular weight is 288 g/mol. The first-order valence-corrected chi connectivity index (χ1v) is 7.35.